The summed E-state index contributed by atoms with van der Waals surface area (Å²) in [5.41, 5.74) is 1.05. The fourth-order valence-corrected chi connectivity index (χ4v) is 4.96. The molecule has 0 spiro atoms. The highest BCUT2D eigenvalue weighted by molar-refractivity contribution is 5.49. The second-order valence-electron chi connectivity index (χ2n) is 9.08. The van der Waals surface area contributed by atoms with E-state index in [0.717, 1.165) is 18.2 Å². The summed E-state index contributed by atoms with van der Waals surface area (Å²) in [6.07, 6.45) is 6.70. The maximum atomic E-state index is 6.16. The molecule has 2 saturated heterocycles. The van der Waals surface area contributed by atoms with Crippen LogP contribution in [0.4, 0.5) is 5.69 Å². The summed E-state index contributed by atoms with van der Waals surface area (Å²) in [6, 6.07) is 8.31. The Balaban J connectivity index is 1.23. The van der Waals surface area contributed by atoms with Gasteiger partial charge in [0.25, 0.3) is 0 Å². The average molecular weight is 429 g/mol. The van der Waals surface area contributed by atoms with Crippen molar-refractivity contribution in [3.8, 4) is 11.8 Å². The van der Waals surface area contributed by atoms with Crippen molar-refractivity contribution in [3.05, 3.63) is 24.3 Å². The topological polar surface area (TPSA) is 86.6 Å². The Morgan fingerprint density at radius 2 is 1.97 bits per heavy atom. The fraction of sp³-hybridized carbons (Fsp3) is 0.682. The number of hydrogen-bond donors (Lipinski definition) is 1. The SMILES string of the molecule is CN(C)c1cccc(Oc2nnnn2C2COC3C(NCC4CCCCC4)COC32)c1. The van der Waals surface area contributed by atoms with E-state index in [1.807, 2.05) is 43.3 Å². The number of hydrogen-bond acceptors (Lipinski definition) is 8. The molecule has 1 aliphatic carbocycles. The Morgan fingerprint density at radius 1 is 1.13 bits per heavy atom. The molecule has 1 aromatic heterocycles. The Bertz CT molecular complexity index is 868. The molecule has 2 aliphatic heterocycles. The molecule has 3 aliphatic rings. The minimum atomic E-state index is -0.103. The van der Waals surface area contributed by atoms with Crippen LogP contribution in [0, 0.1) is 5.92 Å². The molecule has 31 heavy (non-hydrogen) atoms. The molecule has 0 amide bonds. The Hall–Kier alpha value is -2.23. The highest BCUT2D eigenvalue weighted by Crippen LogP contribution is 2.36. The minimum absolute atomic E-state index is 0.0164. The molecule has 3 fully saturated rings. The summed E-state index contributed by atoms with van der Waals surface area (Å²) in [6.45, 7) is 2.21. The first-order valence-corrected chi connectivity index (χ1v) is 11.4. The van der Waals surface area contributed by atoms with Crippen molar-refractivity contribution in [3.63, 3.8) is 0 Å². The molecule has 9 heteroatoms. The first kappa shape index (κ1) is 20.7. The number of benzene rings is 1. The van der Waals surface area contributed by atoms with E-state index in [9.17, 15) is 0 Å². The van der Waals surface area contributed by atoms with Crippen molar-refractivity contribution < 1.29 is 14.2 Å². The lowest BCUT2D eigenvalue weighted by atomic mass is 9.89. The van der Waals surface area contributed by atoms with Crippen LogP contribution in [0.5, 0.6) is 11.8 Å². The van der Waals surface area contributed by atoms with Gasteiger partial charge < -0.3 is 24.4 Å². The van der Waals surface area contributed by atoms with E-state index in [2.05, 4.69) is 20.8 Å². The lowest BCUT2D eigenvalue weighted by Crippen LogP contribution is -2.43. The minimum Gasteiger partial charge on any atom is -0.423 e. The molecule has 1 saturated carbocycles. The summed E-state index contributed by atoms with van der Waals surface area (Å²) in [7, 11) is 3.99. The summed E-state index contributed by atoms with van der Waals surface area (Å²) in [5.74, 6) is 1.47. The van der Waals surface area contributed by atoms with Crippen molar-refractivity contribution in [2.24, 2.45) is 5.92 Å². The van der Waals surface area contributed by atoms with Crippen LogP contribution in [0.15, 0.2) is 24.3 Å². The molecule has 1 aromatic carbocycles. The Labute approximate surface area is 183 Å². The van der Waals surface area contributed by atoms with Gasteiger partial charge in [0.05, 0.1) is 19.3 Å². The van der Waals surface area contributed by atoms with E-state index < -0.39 is 0 Å². The number of nitrogens with one attached hydrogen (secondary N) is 1. The molecule has 4 atom stereocenters. The Morgan fingerprint density at radius 3 is 2.81 bits per heavy atom. The van der Waals surface area contributed by atoms with Crippen molar-refractivity contribution >= 4 is 5.69 Å². The summed E-state index contributed by atoms with van der Waals surface area (Å²) in [5, 5.41) is 15.9. The second kappa shape index (κ2) is 9.10. The molecule has 2 aromatic rings. The standard InChI is InChI=1S/C22H32N6O3/c1-27(2)16-9-6-10-17(11-16)31-22-24-25-26-28(22)19-14-30-20-18(13-29-21(19)20)23-12-15-7-4-3-5-8-15/h6,9-11,15,18-21,23H,3-5,7-8,12-14H2,1-2H3. The van der Waals surface area contributed by atoms with Crippen LogP contribution < -0.4 is 15.0 Å². The monoisotopic (exact) mass is 428 g/mol. The number of rotatable bonds is 7. The molecule has 1 N–H and O–H groups in total. The molecule has 4 unspecified atom stereocenters. The smallest absolute Gasteiger partial charge is 0.341 e. The van der Waals surface area contributed by atoms with Crippen LogP contribution in [-0.4, -0.2) is 72.3 Å². The predicted molar refractivity (Wildman–Crippen MR) is 116 cm³/mol. The number of anilines is 1. The van der Waals surface area contributed by atoms with Gasteiger partial charge in [-0.1, -0.05) is 30.4 Å². The number of ether oxygens (including phenoxy) is 3. The van der Waals surface area contributed by atoms with Gasteiger partial charge in [-0.2, -0.15) is 4.68 Å². The molecule has 0 radical (unpaired) electrons. The zero-order valence-electron chi connectivity index (χ0n) is 18.3. The maximum Gasteiger partial charge on any atom is 0.341 e. The Kier molecular flexibility index (Phi) is 6.06. The van der Waals surface area contributed by atoms with E-state index in [-0.39, 0.29) is 24.3 Å². The van der Waals surface area contributed by atoms with Gasteiger partial charge in [-0.3, -0.25) is 0 Å². The predicted octanol–water partition coefficient (Wildman–Crippen LogP) is 2.41. The van der Waals surface area contributed by atoms with Gasteiger partial charge in [-0.25, -0.2) is 0 Å². The summed E-state index contributed by atoms with van der Waals surface area (Å²) >= 11 is 0. The lowest BCUT2D eigenvalue weighted by Gasteiger charge is -2.25. The van der Waals surface area contributed by atoms with Gasteiger partial charge in [-0.15, -0.1) is 0 Å². The third kappa shape index (κ3) is 4.40. The van der Waals surface area contributed by atoms with Gasteiger partial charge in [0.2, 0.25) is 0 Å². The number of tetrazole rings is 1. The fourth-order valence-electron chi connectivity index (χ4n) is 4.96. The van der Waals surface area contributed by atoms with Gasteiger partial charge in [-0.05, 0) is 47.9 Å². The maximum absolute atomic E-state index is 6.16. The van der Waals surface area contributed by atoms with Crippen molar-refractivity contribution in [2.75, 3.05) is 38.8 Å². The van der Waals surface area contributed by atoms with E-state index >= 15 is 0 Å². The van der Waals surface area contributed by atoms with Crippen LogP contribution in [0.25, 0.3) is 0 Å². The number of aromatic nitrogens is 4. The van der Waals surface area contributed by atoms with Gasteiger partial charge in [0.15, 0.2) is 0 Å². The van der Waals surface area contributed by atoms with E-state index in [0.29, 0.717) is 25.0 Å². The average Bonchev–Trinajstić information content (AvgIpc) is 3.50. The van der Waals surface area contributed by atoms with Crippen LogP contribution in [0.1, 0.15) is 38.1 Å². The zero-order valence-corrected chi connectivity index (χ0v) is 18.3. The zero-order chi connectivity index (χ0) is 21.2. The van der Waals surface area contributed by atoms with Crippen LogP contribution in [0.3, 0.4) is 0 Å². The van der Waals surface area contributed by atoms with Crippen molar-refractivity contribution in [1.29, 1.82) is 0 Å². The van der Waals surface area contributed by atoms with E-state index in [4.69, 9.17) is 14.2 Å². The van der Waals surface area contributed by atoms with Crippen molar-refractivity contribution in [1.82, 2.24) is 25.5 Å². The molecule has 0 bridgehead atoms. The quantitative estimate of drug-likeness (QED) is 0.720. The van der Waals surface area contributed by atoms with Gasteiger partial charge in [0, 0.05) is 25.8 Å². The summed E-state index contributed by atoms with van der Waals surface area (Å²) < 4.78 is 20.0. The first-order chi connectivity index (χ1) is 15.2. The molecule has 9 nitrogen and oxygen atoms in total. The van der Waals surface area contributed by atoms with Gasteiger partial charge >= 0.3 is 6.01 Å². The second-order valence-corrected chi connectivity index (χ2v) is 9.08. The van der Waals surface area contributed by atoms with Crippen LogP contribution in [0.2, 0.25) is 0 Å². The number of fused-ring (bicyclic) bond motifs is 1. The van der Waals surface area contributed by atoms with Gasteiger partial charge in [0.1, 0.15) is 24.0 Å². The lowest BCUT2D eigenvalue weighted by molar-refractivity contribution is 0.0610. The van der Waals surface area contributed by atoms with E-state index in [1.54, 1.807) is 4.68 Å². The summed E-state index contributed by atoms with van der Waals surface area (Å²) in [4.78, 5) is 2.03. The normalized spacial score (nSPS) is 28.6. The van der Waals surface area contributed by atoms with E-state index in [1.165, 1.54) is 32.1 Å². The first-order valence-electron chi connectivity index (χ1n) is 11.4. The molecule has 3 heterocycles. The molecule has 5 rings (SSSR count). The molecular weight excluding hydrogens is 396 g/mol. The van der Waals surface area contributed by atoms with Crippen molar-refractivity contribution in [2.45, 2.75) is 56.4 Å². The third-order valence-corrected chi connectivity index (χ3v) is 6.74. The van der Waals surface area contributed by atoms with Crippen LogP contribution in [-0.2, 0) is 9.47 Å². The number of nitrogens with zero attached hydrogens (tertiary/aromatic N) is 5. The molecule has 168 valence electrons. The molecular formula is C22H32N6O3. The highest BCUT2D eigenvalue weighted by Gasteiger charge is 2.49. The third-order valence-electron chi connectivity index (χ3n) is 6.74. The highest BCUT2D eigenvalue weighted by atomic mass is 16.6. The largest absolute Gasteiger partial charge is 0.423 e. The van der Waals surface area contributed by atoms with Crippen LogP contribution >= 0.6 is 0 Å².